The number of unbranched alkanes of at least 4 members (excludes halogenated alkanes) is 1. The molecule has 3 aliphatic carbocycles. The highest BCUT2D eigenvalue weighted by Crippen LogP contribution is 2.65. The van der Waals surface area contributed by atoms with E-state index in [1.165, 1.54) is 9.21 Å². The zero-order chi connectivity index (χ0) is 37.4. The monoisotopic (exact) mass is 736 g/mol. The molecule has 2 aliphatic heterocycles. The van der Waals surface area contributed by atoms with E-state index >= 15 is 0 Å². The fourth-order valence-electron chi connectivity index (χ4n) is 8.41. The van der Waals surface area contributed by atoms with E-state index in [4.69, 9.17) is 4.74 Å². The van der Waals surface area contributed by atoms with Crippen molar-refractivity contribution in [2.45, 2.75) is 135 Å². The van der Waals surface area contributed by atoms with Gasteiger partial charge in [-0.15, -0.1) is 0 Å². The van der Waals surface area contributed by atoms with Crippen molar-refractivity contribution in [3.8, 4) is 0 Å². The average Bonchev–Trinajstić information content (AvgIpc) is 3.92. The summed E-state index contributed by atoms with van der Waals surface area (Å²) < 4.78 is 33.8. The summed E-state index contributed by atoms with van der Waals surface area (Å²) in [7, 11) is -3.69. The number of urea groups is 1. The maximum absolute atomic E-state index is 14.5. The number of amides is 5. The standard InChI is InChI=1S/C36H60N6O8S/c1-7-8-12-25(28(43)31(45)37-23-13-14-23)38-30(44)27-26-24(35(26,5)6)21-42(27)32(46)29(34(2,3)4)39-33(47)40-36(15-10-9-11-16-36)22-51(48,49)41-17-19-50-20-18-41/h23-27,29H,7-22H2,1-6H3,(H,37,45)(H,38,44)(H2,39,40,47)/t24-,25-,26-,27-,29+/m0/s1. The molecule has 0 spiro atoms. The molecule has 0 radical (unpaired) electrons. The molecule has 288 valence electrons. The number of hydrogen-bond donors (Lipinski definition) is 4. The Balaban J connectivity index is 1.32. The van der Waals surface area contributed by atoms with E-state index < -0.39 is 68.6 Å². The molecule has 0 bridgehead atoms. The van der Waals surface area contributed by atoms with Gasteiger partial charge in [0.2, 0.25) is 27.6 Å². The summed E-state index contributed by atoms with van der Waals surface area (Å²) in [5, 5.41) is 11.5. The molecule has 5 aliphatic rings. The zero-order valence-electron chi connectivity index (χ0n) is 31.3. The number of nitrogens with one attached hydrogen (secondary N) is 4. The summed E-state index contributed by atoms with van der Waals surface area (Å²) in [6.07, 6.45) is 6.88. The Morgan fingerprint density at radius 2 is 1.61 bits per heavy atom. The third-order valence-corrected chi connectivity index (χ3v) is 13.8. The Hall–Kier alpha value is -2.78. The van der Waals surface area contributed by atoms with Crippen LogP contribution in [0.25, 0.3) is 0 Å². The third kappa shape index (κ3) is 9.06. The number of nitrogens with zero attached hydrogens (tertiary/aromatic N) is 2. The van der Waals surface area contributed by atoms with Crippen molar-refractivity contribution in [2.75, 3.05) is 38.6 Å². The number of sulfonamides is 1. The Kier molecular flexibility index (Phi) is 11.8. The smallest absolute Gasteiger partial charge is 0.315 e. The number of rotatable bonds is 14. The minimum Gasteiger partial charge on any atom is -0.379 e. The van der Waals surface area contributed by atoms with Crippen molar-refractivity contribution < 1.29 is 37.1 Å². The molecule has 0 aromatic rings. The molecule has 51 heavy (non-hydrogen) atoms. The van der Waals surface area contributed by atoms with Gasteiger partial charge in [-0.1, -0.05) is 73.6 Å². The van der Waals surface area contributed by atoms with Crippen LogP contribution in [-0.4, -0.2) is 115 Å². The molecule has 5 rings (SSSR count). The third-order valence-electron chi connectivity index (χ3n) is 11.8. The highest BCUT2D eigenvalue weighted by atomic mass is 32.2. The first-order chi connectivity index (χ1) is 23.9. The molecule has 4 N–H and O–H groups in total. The molecular formula is C36H60N6O8S. The predicted molar refractivity (Wildman–Crippen MR) is 191 cm³/mol. The molecule has 2 heterocycles. The summed E-state index contributed by atoms with van der Waals surface area (Å²) in [6, 6.07) is -3.54. The zero-order valence-corrected chi connectivity index (χ0v) is 32.2. The van der Waals surface area contributed by atoms with Gasteiger partial charge in [-0.3, -0.25) is 19.2 Å². The van der Waals surface area contributed by atoms with Crippen LogP contribution >= 0.6 is 0 Å². The summed E-state index contributed by atoms with van der Waals surface area (Å²) in [6.45, 7) is 13.1. The Labute approximate surface area is 303 Å². The number of likely N-dealkylation sites (tertiary alicyclic amines) is 1. The van der Waals surface area contributed by atoms with Gasteiger partial charge < -0.3 is 30.9 Å². The fourth-order valence-corrected chi connectivity index (χ4v) is 10.4. The SMILES string of the molecule is CCCC[C@H](NC(=O)[C@@H]1[C@@H]2[C@H](CN1C(=O)[C@@H](NC(=O)NC1(CS(=O)(=O)N3CCOCC3)CCCCC1)C(C)(C)C)C2(C)C)C(=O)C(=O)NC1CC1. The molecule has 0 aromatic heterocycles. The van der Waals surface area contributed by atoms with Crippen molar-refractivity contribution in [3.05, 3.63) is 0 Å². The van der Waals surface area contributed by atoms with Gasteiger partial charge in [0.15, 0.2) is 0 Å². The molecule has 3 saturated carbocycles. The van der Waals surface area contributed by atoms with Gasteiger partial charge in [0.1, 0.15) is 12.1 Å². The Bertz CT molecular complexity index is 1450. The van der Waals surface area contributed by atoms with Gasteiger partial charge in [0.25, 0.3) is 5.91 Å². The normalized spacial score (nSPS) is 27.0. The highest BCUT2D eigenvalue weighted by molar-refractivity contribution is 7.89. The summed E-state index contributed by atoms with van der Waals surface area (Å²) >= 11 is 0. The van der Waals surface area contributed by atoms with Gasteiger partial charge in [-0.25, -0.2) is 13.2 Å². The van der Waals surface area contributed by atoms with Crippen LogP contribution in [0.15, 0.2) is 0 Å². The number of piperidine rings is 1. The highest BCUT2D eigenvalue weighted by Gasteiger charge is 2.70. The van der Waals surface area contributed by atoms with E-state index in [0.29, 0.717) is 45.4 Å². The Morgan fingerprint density at radius 1 is 0.961 bits per heavy atom. The number of fused-ring (bicyclic) bond motifs is 1. The first-order valence-electron chi connectivity index (χ1n) is 19.0. The van der Waals surface area contributed by atoms with E-state index in [-0.39, 0.29) is 42.1 Å². The second-order valence-corrected chi connectivity index (χ2v) is 19.2. The van der Waals surface area contributed by atoms with Crippen molar-refractivity contribution in [2.24, 2.45) is 22.7 Å². The molecule has 15 heteroatoms. The molecule has 2 saturated heterocycles. The topological polar surface area (TPSA) is 183 Å². The van der Waals surface area contributed by atoms with Gasteiger partial charge in [-0.2, -0.15) is 4.31 Å². The molecule has 0 unspecified atom stereocenters. The van der Waals surface area contributed by atoms with Gasteiger partial charge in [0, 0.05) is 25.7 Å². The number of ether oxygens (including phenoxy) is 1. The van der Waals surface area contributed by atoms with E-state index in [1.54, 1.807) is 0 Å². The van der Waals surface area contributed by atoms with Crippen LogP contribution in [0.2, 0.25) is 0 Å². The van der Waals surface area contributed by atoms with Crippen LogP contribution in [0.5, 0.6) is 0 Å². The molecule has 5 atom stereocenters. The minimum atomic E-state index is -3.69. The number of Topliss-reactive ketones (excluding diaryl/α,β-unsaturated/α-hetero) is 1. The van der Waals surface area contributed by atoms with Gasteiger partial charge >= 0.3 is 6.03 Å². The van der Waals surface area contributed by atoms with Crippen molar-refractivity contribution in [1.82, 2.24) is 30.5 Å². The summed E-state index contributed by atoms with van der Waals surface area (Å²) in [5.74, 6) is -2.57. The number of carbonyl (C=O) groups is 5. The second-order valence-electron chi connectivity index (χ2n) is 17.2. The van der Waals surface area contributed by atoms with Crippen LogP contribution in [0, 0.1) is 22.7 Å². The lowest BCUT2D eigenvalue weighted by molar-refractivity contribution is -0.145. The fraction of sp³-hybridized carbons (Fsp3) is 0.861. The molecule has 5 amide bonds. The van der Waals surface area contributed by atoms with Gasteiger partial charge in [-0.05, 0) is 54.8 Å². The molecule has 5 fully saturated rings. The van der Waals surface area contributed by atoms with Gasteiger partial charge in [0.05, 0.1) is 30.5 Å². The van der Waals surface area contributed by atoms with E-state index in [1.807, 2.05) is 27.7 Å². The van der Waals surface area contributed by atoms with Crippen LogP contribution in [0.1, 0.15) is 106 Å². The maximum atomic E-state index is 14.5. The van der Waals surface area contributed by atoms with Crippen molar-refractivity contribution in [3.63, 3.8) is 0 Å². The quantitative estimate of drug-likeness (QED) is 0.196. The maximum Gasteiger partial charge on any atom is 0.315 e. The summed E-state index contributed by atoms with van der Waals surface area (Å²) in [5.41, 5.74) is -1.96. The second kappa shape index (κ2) is 15.3. The minimum absolute atomic E-state index is 0.00105. The molecule has 14 nitrogen and oxygen atoms in total. The lowest BCUT2D eigenvalue weighted by Crippen LogP contribution is -2.64. The van der Waals surface area contributed by atoms with Crippen LogP contribution in [-0.2, 0) is 33.9 Å². The van der Waals surface area contributed by atoms with E-state index in [2.05, 4.69) is 35.1 Å². The average molecular weight is 737 g/mol. The Morgan fingerprint density at radius 3 is 2.20 bits per heavy atom. The first-order valence-corrected chi connectivity index (χ1v) is 20.6. The molecule has 0 aromatic carbocycles. The van der Waals surface area contributed by atoms with Crippen molar-refractivity contribution in [1.29, 1.82) is 0 Å². The van der Waals surface area contributed by atoms with Crippen LogP contribution in [0.4, 0.5) is 4.79 Å². The molecular weight excluding hydrogens is 676 g/mol. The number of hydrogen-bond acceptors (Lipinski definition) is 8. The lowest BCUT2D eigenvalue weighted by atomic mass is 9.83. The van der Waals surface area contributed by atoms with E-state index in [0.717, 1.165) is 38.5 Å². The van der Waals surface area contributed by atoms with E-state index in [9.17, 15) is 32.4 Å². The van der Waals surface area contributed by atoms with Crippen molar-refractivity contribution >= 4 is 39.6 Å². The van der Waals surface area contributed by atoms with Crippen LogP contribution < -0.4 is 21.3 Å². The van der Waals surface area contributed by atoms with Crippen LogP contribution in [0.3, 0.4) is 0 Å². The number of morpholine rings is 1. The largest absolute Gasteiger partial charge is 0.379 e. The summed E-state index contributed by atoms with van der Waals surface area (Å²) in [4.78, 5) is 69.9. The number of ketones is 1. The number of carbonyl (C=O) groups excluding carboxylic acids is 5. The predicted octanol–water partition coefficient (Wildman–Crippen LogP) is 2.07. The first kappa shape index (κ1) is 39.4. The lowest BCUT2D eigenvalue weighted by Gasteiger charge is -2.41.